The molecule has 0 aliphatic rings. The molecule has 0 aliphatic heterocycles. The zero-order chi connectivity index (χ0) is 18.5. The van der Waals surface area contributed by atoms with Crippen molar-refractivity contribution in [1.82, 2.24) is 14.9 Å². The van der Waals surface area contributed by atoms with E-state index < -0.39 is 0 Å². The van der Waals surface area contributed by atoms with Crippen LogP contribution in [0.5, 0.6) is 5.75 Å². The van der Waals surface area contributed by atoms with Crippen LogP contribution in [0.4, 0.5) is 5.95 Å². The summed E-state index contributed by atoms with van der Waals surface area (Å²) in [5.74, 6) is 7.10. The molecule has 3 rings (SSSR count). The van der Waals surface area contributed by atoms with Crippen molar-refractivity contribution >= 4 is 35.4 Å². The maximum absolute atomic E-state index is 6.29. The number of hydrazone groups is 1. The van der Waals surface area contributed by atoms with Crippen LogP contribution in [0, 0.1) is 6.92 Å². The largest absolute Gasteiger partial charge is 0.487 e. The van der Waals surface area contributed by atoms with E-state index in [1.54, 1.807) is 19.1 Å². The van der Waals surface area contributed by atoms with Gasteiger partial charge in [0.25, 0.3) is 5.95 Å². The SMILES string of the molecule is Cc1nnc(N/N=C/c2cc(Cl)cc(Cl)c2OCc2ccccc2)n1N. The van der Waals surface area contributed by atoms with E-state index in [0.29, 0.717) is 39.7 Å². The molecule has 1 aromatic heterocycles. The van der Waals surface area contributed by atoms with Gasteiger partial charge in [-0.1, -0.05) is 53.5 Å². The molecule has 0 unspecified atom stereocenters. The Morgan fingerprint density at radius 3 is 2.69 bits per heavy atom. The van der Waals surface area contributed by atoms with Crippen molar-refractivity contribution in [3.63, 3.8) is 0 Å². The second-order valence-electron chi connectivity index (χ2n) is 5.39. The fourth-order valence-corrected chi connectivity index (χ4v) is 2.73. The average molecular weight is 391 g/mol. The first-order valence-electron chi connectivity index (χ1n) is 7.66. The fourth-order valence-electron chi connectivity index (χ4n) is 2.16. The van der Waals surface area contributed by atoms with Gasteiger partial charge in [-0.05, 0) is 24.6 Å². The Hall–Kier alpha value is -2.77. The standard InChI is InChI=1S/C17H16Cl2N6O/c1-11-22-24-17(25(11)20)23-21-9-13-7-14(18)8-15(19)16(13)26-10-12-5-3-2-4-6-12/h2-9H,10,20H2,1H3,(H,23,24)/b21-9+. The molecule has 0 spiro atoms. The number of nitrogens with one attached hydrogen (secondary N) is 1. The smallest absolute Gasteiger partial charge is 0.263 e. The Kier molecular flexibility index (Phi) is 5.60. The molecule has 3 aromatic rings. The average Bonchev–Trinajstić information content (AvgIpc) is 2.94. The van der Waals surface area contributed by atoms with Gasteiger partial charge in [0.05, 0.1) is 11.2 Å². The minimum atomic E-state index is 0.304. The van der Waals surface area contributed by atoms with Gasteiger partial charge in [0.2, 0.25) is 0 Å². The van der Waals surface area contributed by atoms with Crippen LogP contribution in [0.2, 0.25) is 10.0 Å². The Morgan fingerprint density at radius 2 is 2.00 bits per heavy atom. The lowest BCUT2D eigenvalue weighted by Gasteiger charge is -2.11. The molecule has 0 radical (unpaired) electrons. The Morgan fingerprint density at radius 1 is 1.23 bits per heavy atom. The highest BCUT2D eigenvalue weighted by Gasteiger charge is 2.10. The third-order valence-corrected chi connectivity index (χ3v) is 4.00. The van der Waals surface area contributed by atoms with Crippen LogP contribution in [0.15, 0.2) is 47.6 Å². The lowest BCUT2D eigenvalue weighted by atomic mass is 10.2. The van der Waals surface area contributed by atoms with Gasteiger partial charge >= 0.3 is 0 Å². The Bertz CT molecular complexity index is 927. The van der Waals surface area contributed by atoms with Gasteiger partial charge in [-0.15, -0.1) is 10.2 Å². The molecule has 0 aliphatic carbocycles. The van der Waals surface area contributed by atoms with E-state index in [1.165, 1.54) is 10.9 Å². The van der Waals surface area contributed by atoms with Crippen LogP contribution >= 0.6 is 23.2 Å². The van der Waals surface area contributed by atoms with Crippen LogP contribution in [-0.4, -0.2) is 21.1 Å². The molecule has 0 saturated carbocycles. The van der Waals surface area contributed by atoms with E-state index in [0.717, 1.165) is 5.56 Å². The third-order valence-electron chi connectivity index (χ3n) is 3.50. The predicted molar refractivity (Wildman–Crippen MR) is 103 cm³/mol. The van der Waals surface area contributed by atoms with Crippen LogP contribution in [0.3, 0.4) is 0 Å². The number of nitrogens with zero attached hydrogens (tertiary/aromatic N) is 4. The molecular weight excluding hydrogens is 375 g/mol. The number of nitrogen functional groups attached to an aromatic ring is 1. The topological polar surface area (TPSA) is 90.4 Å². The summed E-state index contributed by atoms with van der Waals surface area (Å²) in [6, 6.07) is 13.1. The molecular formula is C17H16Cl2N6O. The number of ether oxygens (including phenoxy) is 1. The van der Waals surface area contributed by atoms with E-state index >= 15 is 0 Å². The minimum absolute atomic E-state index is 0.304. The number of anilines is 1. The highest BCUT2D eigenvalue weighted by Crippen LogP contribution is 2.32. The number of halogens is 2. The maximum atomic E-state index is 6.29. The molecule has 1 heterocycles. The van der Waals surface area contributed by atoms with E-state index in [4.69, 9.17) is 33.8 Å². The Labute approximate surface area is 160 Å². The molecule has 2 aromatic carbocycles. The van der Waals surface area contributed by atoms with Crippen molar-refractivity contribution < 1.29 is 4.74 Å². The van der Waals surface area contributed by atoms with Gasteiger partial charge in [-0.3, -0.25) is 0 Å². The molecule has 0 amide bonds. The zero-order valence-corrected chi connectivity index (χ0v) is 15.4. The van der Waals surface area contributed by atoms with Gasteiger partial charge in [0, 0.05) is 10.6 Å². The minimum Gasteiger partial charge on any atom is -0.487 e. The molecule has 7 nitrogen and oxygen atoms in total. The summed E-state index contributed by atoms with van der Waals surface area (Å²) >= 11 is 12.4. The number of benzene rings is 2. The van der Waals surface area contributed by atoms with Gasteiger partial charge in [-0.2, -0.15) is 5.10 Å². The molecule has 0 atom stereocenters. The summed E-state index contributed by atoms with van der Waals surface area (Å²) < 4.78 is 7.16. The lowest BCUT2D eigenvalue weighted by Crippen LogP contribution is -2.13. The molecule has 26 heavy (non-hydrogen) atoms. The van der Waals surface area contributed by atoms with Gasteiger partial charge in [0.1, 0.15) is 12.4 Å². The summed E-state index contributed by atoms with van der Waals surface area (Å²) in [6.07, 6.45) is 1.53. The van der Waals surface area contributed by atoms with E-state index in [9.17, 15) is 0 Å². The van der Waals surface area contributed by atoms with Gasteiger partial charge in [-0.25, -0.2) is 10.1 Å². The summed E-state index contributed by atoms with van der Waals surface area (Å²) in [6.45, 7) is 2.10. The van der Waals surface area contributed by atoms with Gasteiger partial charge < -0.3 is 10.6 Å². The fraction of sp³-hybridized carbons (Fsp3) is 0.118. The van der Waals surface area contributed by atoms with E-state index in [-0.39, 0.29) is 0 Å². The molecule has 3 N–H and O–H groups in total. The summed E-state index contributed by atoms with van der Waals surface area (Å²) in [5.41, 5.74) is 4.35. The highest BCUT2D eigenvalue weighted by atomic mass is 35.5. The van der Waals surface area contributed by atoms with E-state index in [2.05, 4.69) is 20.7 Å². The molecule has 0 bridgehead atoms. The number of hydrogen-bond acceptors (Lipinski definition) is 6. The first-order valence-corrected chi connectivity index (χ1v) is 8.42. The quantitative estimate of drug-likeness (QED) is 0.381. The number of aryl methyl sites for hydroxylation is 1. The normalized spacial score (nSPS) is 11.0. The molecule has 0 fully saturated rings. The Balaban J connectivity index is 1.79. The van der Waals surface area contributed by atoms with Crippen molar-refractivity contribution in [2.75, 3.05) is 11.3 Å². The summed E-state index contributed by atoms with van der Waals surface area (Å²) in [4.78, 5) is 0. The first-order chi connectivity index (χ1) is 12.5. The van der Waals surface area contributed by atoms with Crippen LogP contribution in [0.1, 0.15) is 17.0 Å². The number of rotatable bonds is 6. The van der Waals surface area contributed by atoms with Crippen LogP contribution < -0.4 is 16.0 Å². The van der Waals surface area contributed by atoms with E-state index in [1.807, 2.05) is 30.3 Å². The first kappa shape index (κ1) is 18.0. The number of hydrogen-bond donors (Lipinski definition) is 2. The highest BCUT2D eigenvalue weighted by molar-refractivity contribution is 6.36. The monoisotopic (exact) mass is 390 g/mol. The van der Waals surface area contributed by atoms with Crippen molar-refractivity contribution in [3.05, 3.63) is 69.5 Å². The number of aromatic nitrogens is 3. The third kappa shape index (κ3) is 4.25. The molecule has 0 saturated heterocycles. The maximum Gasteiger partial charge on any atom is 0.263 e. The van der Waals surface area contributed by atoms with Crippen molar-refractivity contribution in [2.24, 2.45) is 5.10 Å². The second kappa shape index (κ2) is 8.07. The second-order valence-corrected chi connectivity index (χ2v) is 6.23. The zero-order valence-electron chi connectivity index (χ0n) is 13.9. The molecule has 134 valence electrons. The van der Waals surface area contributed by atoms with Crippen molar-refractivity contribution in [3.8, 4) is 5.75 Å². The van der Waals surface area contributed by atoms with Gasteiger partial charge in [0.15, 0.2) is 5.82 Å². The van der Waals surface area contributed by atoms with Crippen molar-refractivity contribution in [2.45, 2.75) is 13.5 Å². The van der Waals surface area contributed by atoms with Crippen molar-refractivity contribution in [1.29, 1.82) is 0 Å². The lowest BCUT2D eigenvalue weighted by molar-refractivity contribution is 0.306. The summed E-state index contributed by atoms with van der Waals surface area (Å²) in [5, 5.41) is 12.7. The molecule has 9 heteroatoms. The summed E-state index contributed by atoms with van der Waals surface area (Å²) in [7, 11) is 0. The number of nitrogens with two attached hydrogens (primary N) is 1. The van der Waals surface area contributed by atoms with Crippen LogP contribution in [-0.2, 0) is 6.61 Å². The van der Waals surface area contributed by atoms with Crippen LogP contribution in [0.25, 0.3) is 0 Å². The predicted octanol–water partition coefficient (Wildman–Crippen LogP) is 3.63.